The fourth-order valence-corrected chi connectivity index (χ4v) is 3.49. The molecule has 0 saturated carbocycles. The fourth-order valence-electron chi connectivity index (χ4n) is 3.49. The Morgan fingerprint density at radius 1 is 0.656 bits per heavy atom. The SMILES string of the molecule is CC(OC(=O)CCCCCCCCC(=O)OC(C)c1ccccc1F)c1ccccc1F. The van der Waals surface area contributed by atoms with E-state index in [1.54, 1.807) is 50.2 Å². The summed E-state index contributed by atoms with van der Waals surface area (Å²) in [5.74, 6) is -1.41. The number of ether oxygens (including phenoxy) is 2. The van der Waals surface area contributed by atoms with Crippen molar-refractivity contribution >= 4 is 11.9 Å². The van der Waals surface area contributed by atoms with Gasteiger partial charge in [0.1, 0.15) is 23.8 Å². The molecule has 4 nitrogen and oxygen atoms in total. The highest BCUT2D eigenvalue weighted by Crippen LogP contribution is 2.22. The Hall–Kier alpha value is -2.76. The lowest BCUT2D eigenvalue weighted by Gasteiger charge is -2.14. The van der Waals surface area contributed by atoms with Crippen LogP contribution in [0, 0.1) is 11.6 Å². The summed E-state index contributed by atoms with van der Waals surface area (Å²) in [5.41, 5.74) is 0.755. The molecule has 0 fully saturated rings. The van der Waals surface area contributed by atoms with Crippen molar-refractivity contribution < 1.29 is 27.8 Å². The number of carbonyl (C=O) groups excluding carboxylic acids is 2. The first-order valence-electron chi connectivity index (χ1n) is 11.3. The van der Waals surface area contributed by atoms with Crippen molar-refractivity contribution in [3.63, 3.8) is 0 Å². The molecule has 2 aromatic carbocycles. The maximum atomic E-state index is 13.7. The number of halogens is 2. The third-order valence-electron chi connectivity index (χ3n) is 5.31. The maximum absolute atomic E-state index is 13.7. The smallest absolute Gasteiger partial charge is 0.306 e. The average Bonchev–Trinajstić information content (AvgIpc) is 2.76. The van der Waals surface area contributed by atoms with Crippen LogP contribution in [0.2, 0.25) is 0 Å². The van der Waals surface area contributed by atoms with Crippen molar-refractivity contribution in [2.45, 2.75) is 77.4 Å². The Bertz CT molecular complexity index is 797. The van der Waals surface area contributed by atoms with Gasteiger partial charge in [0, 0.05) is 24.0 Å². The number of carbonyl (C=O) groups is 2. The number of hydrogen-bond acceptors (Lipinski definition) is 4. The molecular weight excluding hydrogens is 414 g/mol. The molecule has 0 amide bonds. The van der Waals surface area contributed by atoms with Gasteiger partial charge in [-0.25, -0.2) is 8.78 Å². The summed E-state index contributed by atoms with van der Waals surface area (Å²) >= 11 is 0. The Morgan fingerprint density at radius 2 is 1.00 bits per heavy atom. The summed E-state index contributed by atoms with van der Waals surface area (Å²) < 4.78 is 38.0. The second-order valence-corrected chi connectivity index (χ2v) is 7.93. The van der Waals surface area contributed by atoms with E-state index >= 15 is 0 Å². The molecule has 0 radical (unpaired) electrons. The first-order chi connectivity index (χ1) is 15.4. The zero-order chi connectivity index (χ0) is 23.3. The van der Waals surface area contributed by atoms with Crippen molar-refractivity contribution in [2.75, 3.05) is 0 Å². The summed E-state index contributed by atoms with van der Waals surface area (Å²) in [5, 5.41) is 0. The second-order valence-electron chi connectivity index (χ2n) is 7.93. The molecule has 6 heteroatoms. The van der Waals surface area contributed by atoms with E-state index in [4.69, 9.17) is 9.47 Å². The maximum Gasteiger partial charge on any atom is 0.306 e. The molecule has 0 bridgehead atoms. The second kappa shape index (κ2) is 13.6. The van der Waals surface area contributed by atoms with Gasteiger partial charge in [0.05, 0.1) is 0 Å². The average molecular weight is 447 g/mol. The number of esters is 2. The normalized spacial score (nSPS) is 12.8. The molecule has 0 N–H and O–H groups in total. The topological polar surface area (TPSA) is 52.6 Å². The van der Waals surface area contributed by atoms with Crippen LogP contribution in [0.5, 0.6) is 0 Å². The molecule has 2 aromatic rings. The number of hydrogen-bond donors (Lipinski definition) is 0. The van der Waals surface area contributed by atoms with Gasteiger partial charge in [-0.05, 0) is 38.8 Å². The number of rotatable bonds is 13. The zero-order valence-electron chi connectivity index (χ0n) is 18.8. The van der Waals surface area contributed by atoms with Crippen LogP contribution in [0.15, 0.2) is 48.5 Å². The van der Waals surface area contributed by atoms with Crippen LogP contribution >= 0.6 is 0 Å². The molecule has 0 heterocycles. The highest BCUT2D eigenvalue weighted by atomic mass is 19.1. The number of benzene rings is 2. The van der Waals surface area contributed by atoms with Gasteiger partial charge in [0.15, 0.2) is 0 Å². The minimum Gasteiger partial charge on any atom is -0.458 e. The first-order valence-corrected chi connectivity index (χ1v) is 11.3. The molecule has 32 heavy (non-hydrogen) atoms. The van der Waals surface area contributed by atoms with Crippen LogP contribution < -0.4 is 0 Å². The Morgan fingerprint density at radius 3 is 1.38 bits per heavy atom. The van der Waals surface area contributed by atoms with Crippen molar-refractivity contribution in [3.05, 3.63) is 71.3 Å². The molecule has 0 aromatic heterocycles. The summed E-state index contributed by atoms with van der Waals surface area (Å²) in [6.07, 6.45) is 4.51. The summed E-state index contributed by atoms with van der Waals surface area (Å²) in [6, 6.07) is 12.6. The van der Waals surface area contributed by atoms with Gasteiger partial charge in [-0.2, -0.15) is 0 Å². The highest BCUT2D eigenvalue weighted by molar-refractivity contribution is 5.70. The first kappa shape index (κ1) is 25.5. The van der Waals surface area contributed by atoms with Gasteiger partial charge in [0.25, 0.3) is 0 Å². The Balaban J connectivity index is 1.50. The molecular formula is C26H32F2O4. The molecule has 0 saturated heterocycles. The van der Waals surface area contributed by atoms with Crippen LogP contribution in [0.25, 0.3) is 0 Å². The van der Waals surface area contributed by atoms with E-state index in [2.05, 4.69) is 0 Å². The van der Waals surface area contributed by atoms with Crippen molar-refractivity contribution in [2.24, 2.45) is 0 Å². The van der Waals surface area contributed by atoms with Crippen LogP contribution in [0.3, 0.4) is 0 Å². The lowest BCUT2D eigenvalue weighted by molar-refractivity contribution is -0.149. The van der Waals surface area contributed by atoms with E-state index in [0.717, 1.165) is 25.7 Å². The van der Waals surface area contributed by atoms with Crippen LogP contribution in [0.1, 0.15) is 88.5 Å². The van der Waals surface area contributed by atoms with Gasteiger partial charge in [-0.1, -0.05) is 62.1 Å². The lowest BCUT2D eigenvalue weighted by atomic mass is 10.1. The van der Waals surface area contributed by atoms with E-state index in [1.165, 1.54) is 12.1 Å². The molecule has 2 unspecified atom stereocenters. The molecule has 0 spiro atoms. The molecule has 0 aliphatic heterocycles. The lowest BCUT2D eigenvalue weighted by Crippen LogP contribution is -2.10. The summed E-state index contributed by atoms with van der Waals surface area (Å²) in [4.78, 5) is 23.9. The van der Waals surface area contributed by atoms with E-state index in [-0.39, 0.29) is 23.6 Å². The van der Waals surface area contributed by atoms with Crippen LogP contribution in [-0.4, -0.2) is 11.9 Å². The zero-order valence-corrected chi connectivity index (χ0v) is 18.8. The minimum atomic E-state index is -0.607. The third-order valence-corrected chi connectivity index (χ3v) is 5.31. The van der Waals surface area contributed by atoms with E-state index < -0.39 is 12.2 Å². The largest absolute Gasteiger partial charge is 0.458 e. The van der Waals surface area contributed by atoms with E-state index in [0.29, 0.717) is 36.8 Å². The molecule has 2 atom stereocenters. The third kappa shape index (κ3) is 8.77. The van der Waals surface area contributed by atoms with Gasteiger partial charge in [0.2, 0.25) is 0 Å². The van der Waals surface area contributed by atoms with Gasteiger partial charge < -0.3 is 9.47 Å². The standard InChI is InChI=1S/C26H32F2O4/c1-19(21-13-9-11-15-23(21)27)31-25(29)17-7-5-3-4-6-8-18-26(30)32-20(2)22-14-10-12-16-24(22)28/h9-16,19-20H,3-8,17-18H2,1-2H3. The summed E-state index contributed by atoms with van der Waals surface area (Å²) in [7, 11) is 0. The molecule has 0 aliphatic rings. The van der Waals surface area contributed by atoms with Crippen molar-refractivity contribution in [1.29, 1.82) is 0 Å². The summed E-state index contributed by atoms with van der Waals surface area (Å²) in [6.45, 7) is 3.33. The highest BCUT2D eigenvalue weighted by Gasteiger charge is 2.16. The Labute approximate surface area is 188 Å². The van der Waals surface area contributed by atoms with E-state index in [1.807, 2.05) is 0 Å². The molecule has 0 aliphatic carbocycles. The predicted octanol–water partition coefficient (Wildman–Crippen LogP) is 6.99. The quantitative estimate of drug-likeness (QED) is 0.246. The van der Waals surface area contributed by atoms with Gasteiger partial charge in [-0.3, -0.25) is 9.59 Å². The minimum absolute atomic E-state index is 0.305. The van der Waals surface area contributed by atoms with Crippen molar-refractivity contribution in [1.82, 2.24) is 0 Å². The fraction of sp³-hybridized carbons (Fsp3) is 0.462. The van der Waals surface area contributed by atoms with Crippen LogP contribution in [0.4, 0.5) is 8.78 Å². The van der Waals surface area contributed by atoms with Crippen molar-refractivity contribution in [3.8, 4) is 0 Å². The Kier molecular flexibility index (Phi) is 10.8. The van der Waals surface area contributed by atoms with Gasteiger partial charge in [-0.15, -0.1) is 0 Å². The number of unbranched alkanes of at least 4 members (excludes halogenated alkanes) is 5. The monoisotopic (exact) mass is 446 g/mol. The predicted molar refractivity (Wildman–Crippen MR) is 119 cm³/mol. The molecule has 174 valence electrons. The van der Waals surface area contributed by atoms with E-state index in [9.17, 15) is 18.4 Å². The molecule has 2 rings (SSSR count). The van der Waals surface area contributed by atoms with Gasteiger partial charge >= 0.3 is 11.9 Å². The van der Waals surface area contributed by atoms with Crippen LogP contribution in [-0.2, 0) is 19.1 Å².